The van der Waals surface area contributed by atoms with Crippen molar-refractivity contribution in [3.8, 4) is 0 Å². The summed E-state index contributed by atoms with van der Waals surface area (Å²) in [6.07, 6.45) is 3.25. The first-order valence-corrected chi connectivity index (χ1v) is 11.6. The number of pyridine rings is 1. The Balaban J connectivity index is 1.80. The van der Waals surface area contributed by atoms with Gasteiger partial charge in [-0.3, -0.25) is 4.79 Å². The molecule has 1 aromatic heterocycles. The Morgan fingerprint density at radius 2 is 1.73 bits per heavy atom. The van der Waals surface area contributed by atoms with Crippen LogP contribution in [0.3, 0.4) is 0 Å². The summed E-state index contributed by atoms with van der Waals surface area (Å²) in [4.78, 5) is 15.3. The molecule has 30 heavy (non-hydrogen) atoms. The van der Waals surface area contributed by atoms with Crippen LogP contribution in [-0.2, 0) is 16.6 Å². The molecule has 1 heterocycles. The second-order valence-corrected chi connectivity index (χ2v) is 9.93. The predicted molar refractivity (Wildman–Crippen MR) is 115 cm³/mol. The monoisotopic (exact) mass is 428 g/mol. The molecule has 0 atom stereocenters. The molecule has 0 radical (unpaired) electrons. The predicted octanol–water partition coefficient (Wildman–Crippen LogP) is 4.42. The van der Waals surface area contributed by atoms with Crippen molar-refractivity contribution in [3.63, 3.8) is 0 Å². The molecule has 0 saturated heterocycles. The molecule has 1 N–H and O–H groups in total. The van der Waals surface area contributed by atoms with Crippen molar-refractivity contribution < 1.29 is 12.8 Å². The van der Waals surface area contributed by atoms with Gasteiger partial charge in [0.25, 0.3) is 5.56 Å². The number of nitrogens with zero attached hydrogens (tertiary/aromatic N) is 1. The molecule has 1 aliphatic carbocycles. The van der Waals surface area contributed by atoms with Gasteiger partial charge in [0.1, 0.15) is 10.7 Å². The minimum absolute atomic E-state index is 0.0838. The second-order valence-electron chi connectivity index (χ2n) is 8.07. The number of sulfonamides is 1. The molecule has 0 spiro atoms. The highest BCUT2D eigenvalue weighted by atomic mass is 32.2. The van der Waals surface area contributed by atoms with Gasteiger partial charge in [-0.2, -0.15) is 4.31 Å². The molecular weight excluding hydrogens is 403 g/mol. The van der Waals surface area contributed by atoms with Crippen LogP contribution in [0.1, 0.15) is 42.4 Å². The third-order valence-corrected chi connectivity index (χ3v) is 7.95. The first kappa shape index (κ1) is 20.8. The first-order chi connectivity index (χ1) is 14.3. The Morgan fingerprint density at radius 3 is 2.43 bits per heavy atom. The van der Waals surface area contributed by atoms with E-state index in [9.17, 15) is 17.6 Å². The van der Waals surface area contributed by atoms with Crippen molar-refractivity contribution in [1.82, 2.24) is 9.29 Å². The molecule has 0 amide bonds. The maximum atomic E-state index is 14.4. The number of nitrogens with one attached hydrogen (secondary N) is 1. The van der Waals surface area contributed by atoms with E-state index in [4.69, 9.17) is 0 Å². The van der Waals surface area contributed by atoms with Crippen molar-refractivity contribution in [1.29, 1.82) is 0 Å². The summed E-state index contributed by atoms with van der Waals surface area (Å²) in [5.74, 6) is -0.779. The van der Waals surface area contributed by atoms with Gasteiger partial charge < -0.3 is 4.98 Å². The maximum absolute atomic E-state index is 14.4. The number of rotatable bonds is 5. The average Bonchev–Trinajstić information content (AvgIpc) is 3.22. The lowest BCUT2D eigenvalue weighted by Crippen LogP contribution is -2.40. The van der Waals surface area contributed by atoms with Crippen LogP contribution in [0.15, 0.2) is 52.2 Å². The molecule has 1 fully saturated rings. The van der Waals surface area contributed by atoms with Crippen molar-refractivity contribution in [2.45, 2.75) is 57.0 Å². The summed E-state index contributed by atoms with van der Waals surface area (Å²) < 4.78 is 42.5. The van der Waals surface area contributed by atoms with E-state index in [0.29, 0.717) is 18.4 Å². The smallest absolute Gasteiger partial charge is 0.252 e. The van der Waals surface area contributed by atoms with Crippen LogP contribution in [0, 0.1) is 19.7 Å². The van der Waals surface area contributed by atoms with Gasteiger partial charge in [0.2, 0.25) is 10.0 Å². The van der Waals surface area contributed by atoms with Crippen molar-refractivity contribution >= 4 is 20.9 Å². The highest BCUT2D eigenvalue weighted by Crippen LogP contribution is 2.31. The molecule has 7 heteroatoms. The number of hydrogen-bond acceptors (Lipinski definition) is 3. The van der Waals surface area contributed by atoms with Gasteiger partial charge in [-0.15, -0.1) is 0 Å². The number of fused-ring (bicyclic) bond motifs is 1. The molecule has 1 saturated carbocycles. The van der Waals surface area contributed by atoms with E-state index in [1.807, 2.05) is 26.0 Å². The number of H-pyrrole nitrogens is 1. The molecule has 3 aromatic rings. The molecule has 4 rings (SSSR count). The van der Waals surface area contributed by atoms with Crippen LogP contribution in [0.2, 0.25) is 0 Å². The second kappa shape index (κ2) is 7.96. The lowest BCUT2D eigenvalue weighted by atomic mass is 10.0. The van der Waals surface area contributed by atoms with E-state index in [0.717, 1.165) is 40.9 Å². The Morgan fingerprint density at radius 1 is 1.07 bits per heavy atom. The molecule has 5 nitrogen and oxygen atoms in total. The van der Waals surface area contributed by atoms with Crippen LogP contribution in [-0.4, -0.2) is 23.7 Å². The largest absolute Gasteiger partial charge is 0.322 e. The molecule has 1 aliphatic rings. The Kier molecular flexibility index (Phi) is 5.51. The minimum Gasteiger partial charge on any atom is -0.322 e. The van der Waals surface area contributed by atoms with E-state index in [1.54, 1.807) is 6.07 Å². The number of aromatic nitrogens is 1. The first-order valence-electron chi connectivity index (χ1n) is 10.2. The van der Waals surface area contributed by atoms with E-state index >= 15 is 0 Å². The van der Waals surface area contributed by atoms with Gasteiger partial charge in [-0.1, -0.05) is 25.0 Å². The molecule has 2 aromatic carbocycles. The number of halogens is 1. The fourth-order valence-electron chi connectivity index (χ4n) is 4.19. The van der Waals surface area contributed by atoms with Crippen LogP contribution < -0.4 is 5.56 Å². The maximum Gasteiger partial charge on any atom is 0.252 e. The Bertz CT molecular complexity index is 1260. The molecular formula is C23H25FN2O3S. The summed E-state index contributed by atoms with van der Waals surface area (Å²) in [6, 6.07) is 10.8. The zero-order chi connectivity index (χ0) is 21.5. The van der Waals surface area contributed by atoms with Gasteiger partial charge >= 0.3 is 0 Å². The standard InChI is InChI=1S/C23H25FN2O3S/c1-15-11-17-13-18(23(27)25-21(17)12-16(15)2)14-26(19-7-3-4-8-19)30(28,29)22-10-6-5-9-20(22)24/h5-6,9-13,19H,3-4,7-8,14H2,1-2H3,(H,25,27). The van der Waals surface area contributed by atoms with Crippen LogP contribution in [0.5, 0.6) is 0 Å². The quantitative estimate of drug-likeness (QED) is 0.654. The van der Waals surface area contributed by atoms with E-state index in [1.165, 1.54) is 22.5 Å². The number of aromatic amines is 1. The number of benzene rings is 2. The summed E-state index contributed by atoms with van der Waals surface area (Å²) in [7, 11) is -4.09. The third kappa shape index (κ3) is 3.79. The van der Waals surface area contributed by atoms with Crippen LogP contribution in [0.4, 0.5) is 4.39 Å². The summed E-state index contributed by atoms with van der Waals surface area (Å²) >= 11 is 0. The van der Waals surface area contributed by atoms with Gasteiger partial charge in [-0.05, 0) is 73.5 Å². The fraction of sp³-hybridized carbons (Fsp3) is 0.348. The summed E-state index contributed by atoms with van der Waals surface area (Å²) in [5, 5.41) is 0.849. The number of hydrogen-bond donors (Lipinski definition) is 1. The zero-order valence-electron chi connectivity index (χ0n) is 17.1. The highest BCUT2D eigenvalue weighted by molar-refractivity contribution is 7.89. The van der Waals surface area contributed by atoms with Crippen molar-refractivity contribution in [2.75, 3.05) is 0 Å². The van der Waals surface area contributed by atoms with Crippen LogP contribution >= 0.6 is 0 Å². The van der Waals surface area contributed by atoms with E-state index < -0.39 is 15.8 Å². The van der Waals surface area contributed by atoms with Crippen LogP contribution in [0.25, 0.3) is 10.9 Å². The number of aryl methyl sites for hydroxylation is 2. The lowest BCUT2D eigenvalue weighted by Gasteiger charge is -2.28. The van der Waals surface area contributed by atoms with Crippen molar-refractivity contribution in [3.05, 3.63) is 75.3 Å². The molecule has 0 bridgehead atoms. The lowest BCUT2D eigenvalue weighted by molar-refractivity contribution is 0.314. The van der Waals surface area contributed by atoms with E-state index in [2.05, 4.69) is 4.98 Å². The summed E-state index contributed by atoms with van der Waals surface area (Å²) in [5.41, 5.74) is 2.92. The van der Waals surface area contributed by atoms with Gasteiger partial charge in [0.15, 0.2) is 0 Å². The SMILES string of the molecule is Cc1cc2cc(CN(C3CCCC3)S(=O)(=O)c3ccccc3F)c(=O)[nH]c2cc1C. The fourth-order valence-corrected chi connectivity index (χ4v) is 5.92. The minimum atomic E-state index is -4.09. The van der Waals surface area contributed by atoms with Crippen molar-refractivity contribution in [2.24, 2.45) is 0 Å². The average molecular weight is 429 g/mol. The topological polar surface area (TPSA) is 70.2 Å². The summed E-state index contributed by atoms with van der Waals surface area (Å²) in [6.45, 7) is 3.89. The highest BCUT2D eigenvalue weighted by Gasteiger charge is 2.35. The van der Waals surface area contributed by atoms with E-state index in [-0.39, 0.29) is 23.0 Å². The normalized spacial score (nSPS) is 15.3. The molecule has 0 aliphatic heterocycles. The molecule has 0 unspecified atom stereocenters. The van der Waals surface area contributed by atoms with Gasteiger partial charge in [-0.25, -0.2) is 12.8 Å². The Hall–Kier alpha value is -2.51. The zero-order valence-corrected chi connectivity index (χ0v) is 17.9. The van der Waals surface area contributed by atoms with Gasteiger partial charge in [0, 0.05) is 23.7 Å². The molecule has 158 valence electrons. The third-order valence-electron chi connectivity index (χ3n) is 6.02. The Labute approximate surface area is 175 Å². The van der Waals surface area contributed by atoms with Gasteiger partial charge in [0.05, 0.1) is 0 Å².